The molecular weight excluding hydrogens is 386 g/mol. The van der Waals surface area contributed by atoms with E-state index in [-0.39, 0.29) is 23.7 Å². The second kappa shape index (κ2) is 8.53. The second-order valence-electron chi connectivity index (χ2n) is 5.78. The fourth-order valence-corrected chi connectivity index (χ4v) is 3.60. The zero-order valence-corrected chi connectivity index (χ0v) is 15.2. The molecule has 0 saturated heterocycles. The van der Waals surface area contributed by atoms with Crippen LogP contribution in [0.3, 0.4) is 0 Å². The largest absolute Gasteiger partial charge is 0.456 e. The first-order valence-corrected chi connectivity index (χ1v) is 9.07. The second-order valence-corrected chi connectivity index (χ2v) is 7.02. The Balaban J connectivity index is 1.51. The highest BCUT2D eigenvalue weighted by atomic mass is 32.2. The summed E-state index contributed by atoms with van der Waals surface area (Å²) >= 11 is 1.25. The average molecular weight is 401 g/mol. The van der Waals surface area contributed by atoms with Crippen molar-refractivity contribution in [2.24, 2.45) is 0 Å². The number of carbonyl (C=O) groups is 3. The number of carbonyl (C=O) groups excluding carboxylic acids is 3. The SMILES string of the molecule is O=C(COC(=O)C[C@@H]1Sc2ccccc2NC1=O)Nc1ccccc1[N+](=O)[O-]. The smallest absolute Gasteiger partial charge is 0.307 e. The van der Waals surface area contributed by atoms with Crippen molar-refractivity contribution >= 4 is 46.6 Å². The number of benzene rings is 2. The minimum absolute atomic E-state index is 0.00682. The number of ether oxygens (including phenoxy) is 1. The summed E-state index contributed by atoms with van der Waals surface area (Å²) in [6, 6.07) is 12.8. The lowest BCUT2D eigenvalue weighted by Gasteiger charge is -2.23. The molecule has 2 aromatic rings. The van der Waals surface area contributed by atoms with Crippen LogP contribution in [0.1, 0.15) is 6.42 Å². The highest BCUT2D eigenvalue weighted by Gasteiger charge is 2.29. The van der Waals surface area contributed by atoms with Crippen LogP contribution in [0, 0.1) is 10.1 Å². The van der Waals surface area contributed by atoms with E-state index in [4.69, 9.17) is 4.74 Å². The van der Waals surface area contributed by atoms with Gasteiger partial charge in [-0.25, -0.2) is 0 Å². The van der Waals surface area contributed by atoms with Crippen molar-refractivity contribution in [1.82, 2.24) is 0 Å². The van der Waals surface area contributed by atoms with Crippen LogP contribution < -0.4 is 10.6 Å². The third-order valence-electron chi connectivity index (χ3n) is 3.80. The van der Waals surface area contributed by atoms with Crippen LogP contribution in [-0.2, 0) is 19.1 Å². The van der Waals surface area contributed by atoms with E-state index in [1.807, 2.05) is 12.1 Å². The molecule has 0 saturated carbocycles. The van der Waals surface area contributed by atoms with Gasteiger partial charge in [-0.15, -0.1) is 11.8 Å². The Morgan fingerprint density at radius 3 is 2.68 bits per heavy atom. The van der Waals surface area contributed by atoms with Crippen molar-refractivity contribution in [3.05, 3.63) is 58.6 Å². The minimum atomic E-state index is -0.718. The van der Waals surface area contributed by atoms with Gasteiger partial charge in [-0.3, -0.25) is 24.5 Å². The molecule has 0 radical (unpaired) electrons. The molecule has 2 aromatic carbocycles. The lowest BCUT2D eigenvalue weighted by molar-refractivity contribution is -0.383. The monoisotopic (exact) mass is 401 g/mol. The standard InChI is InChI=1S/C18H15N3O6S/c22-16(19-11-5-1-3-7-13(11)21(25)26)10-27-17(23)9-15-18(24)20-12-6-2-4-8-14(12)28-15/h1-8,15H,9-10H2,(H,19,22)(H,20,24)/t15-/m0/s1. The van der Waals surface area contributed by atoms with Crippen molar-refractivity contribution in [1.29, 1.82) is 0 Å². The van der Waals surface area contributed by atoms with Crippen LogP contribution in [0.5, 0.6) is 0 Å². The van der Waals surface area contributed by atoms with Crippen molar-refractivity contribution in [2.45, 2.75) is 16.6 Å². The maximum Gasteiger partial charge on any atom is 0.307 e. The molecule has 10 heteroatoms. The van der Waals surface area contributed by atoms with Crippen molar-refractivity contribution in [2.75, 3.05) is 17.2 Å². The van der Waals surface area contributed by atoms with E-state index in [2.05, 4.69) is 10.6 Å². The van der Waals surface area contributed by atoms with E-state index in [1.165, 1.54) is 36.0 Å². The Hall–Kier alpha value is -3.40. The van der Waals surface area contributed by atoms with Gasteiger partial charge in [-0.05, 0) is 18.2 Å². The number of hydrogen-bond donors (Lipinski definition) is 2. The lowest BCUT2D eigenvalue weighted by atomic mass is 10.2. The topological polar surface area (TPSA) is 128 Å². The van der Waals surface area contributed by atoms with Crippen LogP contribution in [0.4, 0.5) is 17.1 Å². The van der Waals surface area contributed by atoms with Gasteiger partial charge in [-0.2, -0.15) is 0 Å². The third kappa shape index (κ3) is 4.65. The van der Waals surface area contributed by atoms with E-state index in [1.54, 1.807) is 12.1 Å². The molecule has 2 N–H and O–H groups in total. The number of nitro groups is 1. The van der Waals surface area contributed by atoms with E-state index in [9.17, 15) is 24.5 Å². The Labute approximate surface area is 163 Å². The fourth-order valence-electron chi connectivity index (χ4n) is 2.51. The summed E-state index contributed by atoms with van der Waals surface area (Å²) in [5, 5.41) is 15.3. The van der Waals surface area contributed by atoms with Gasteiger partial charge in [0.1, 0.15) is 5.69 Å². The highest BCUT2D eigenvalue weighted by molar-refractivity contribution is 8.01. The Morgan fingerprint density at radius 2 is 1.89 bits per heavy atom. The number of fused-ring (bicyclic) bond motifs is 1. The maximum absolute atomic E-state index is 12.1. The van der Waals surface area contributed by atoms with Crippen LogP contribution in [0.2, 0.25) is 0 Å². The van der Waals surface area contributed by atoms with Crippen molar-refractivity contribution < 1.29 is 24.0 Å². The molecule has 1 aliphatic heterocycles. The molecule has 1 atom stereocenters. The van der Waals surface area contributed by atoms with Gasteiger partial charge in [0.25, 0.3) is 11.6 Å². The third-order valence-corrected chi connectivity index (χ3v) is 5.07. The average Bonchev–Trinajstić information content (AvgIpc) is 2.67. The quantitative estimate of drug-likeness (QED) is 0.432. The first-order chi connectivity index (χ1) is 13.4. The molecule has 0 bridgehead atoms. The van der Waals surface area contributed by atoms with Crippen LogP contribution in [0.15, 0.2) is 53.4 Å². The number of anilines is 2. The highest BCUT2D eigenvalue weighted by Crippen LogP contribution is 2.36. The molecule has 1 heterocycles. The van der Waals surface area contributed by atoms with Gasteiger partial charge in [0.05, 0.1) is 22.3 Å². The number of para-hydroxylation sites is 3. The summed E-state index contributed by atoms with van der Waals surface area (Å²) < 4.78 is 4.90. The summed E-state index contributed by atoms with van der Waals surface area (Å²) in [4.78, 5) is 47.2. The van der Waals surface area contributed by atoms with Crippen molar-refractivity contribution in [3.8, 4) is 0 Å². The van der Waals surface area contributed by atoms with Gasteiger partial charge in [0.2, 0.25) is 5.91 Å². The Kier molecular flexibility index (Phi) is 5.90. The van der Waals surface area contributed by atoms with Gasteiger partial charge in [0, 0.05) is 11.0 Å². The number of nitrogens with one attached hydrogen (secondary N) is 2. The molecule has 9 nitrogen and oxygen atoms in total. The molecule has 3 rings (SSSR count). The molecule has 0 fully saturated rings. The van der Waals surface area contributed by atoms with Crippen LogP contribution in [0.25, 0.3) is 0 Å². The molecule has 0 spiro atoms. The first-order valence-electron chi connectivity index (χ1n) is 8.19. The predicted molar refractivity (Wildman–Crippen MR) is 102 cm³/mol. The predicted octanol–water partition coefficient (Wildman–Crippen LogP) is 2.58. The summed E-state index contributed by atoms with van der Waals surface area (Å²) in [6.07, 6.45) is -0.205. The number of thioether (sulfide) groups is 1. The summed E-state index contributed by atoms with van der Waals surface area (Å²) in [6.45, 7) is -0.611. The number of rotatable bonds is 6. The molecule has 144 valence electrons. The number of hydrogen-bond acceptors (Lipinski definition) is 7. The zero-order valence-electron chi connectivity index (χ0n) is 14.4. The fraction of sp³-hybridized carbons (Fsp3) is 0.167. The summed E-state index contributed by atoms with van der Waals surface area (Å²) in [5.74, 6) is -1.75. The molecule has 1 aliphatic rings. The minimum Gasteiger partial charge on any atom is -0.456 e. The Bertz CT molecular complexity index is 948. The molecule has 0 aromatic heterocycles. The lowest BCUT2D eigenvalue weighted by Crippen LogP contribution is -2.32. The summed E-state index contributed by atoms with van der Waals surface area (Å²) in [5.41, 5.74) is 0.425. The van der Waals surface area contributed by atoms with Crippen LogP contribution in [-0.4, -0.2) is 34.6 Å². The summed E-state index contributed by atoms with van der Waals surface area (Å²) in [7, 11) is 0. The zero-order chi connectivity index (χ0) is 20.1. The first kappa shape index (κ1) is 19.4. The number of nitro benzene ring substituents is 1. The van der Waals surface area contributed by atoms with Crippen LogP contribution >= 0.6 is 11.8 Å². The van der Waals surface area contributed by atoms with Gasteiger partial charge >= 0.3 is 5.97 Å². The maximum atomic E-state index is 12.1. The van der Waals surface area contributed by atoms with Gasteiger partial charge in [0.15, 0.2) is 6.61 Å². The van der Waals surface area contributed by atoms with Gasteiger partial charge in [-0.1, -0.05) is 24.3 Å². The molecular formula is C18H15N3O6S. The number of amides is 2. The normalized spacial score (nSPS) is 15.1. The van der Waals surface area contributed by atoms with Gasteiger partial charge < -0.3 is 15.4 Å². The van der Waals surface area contributed by atoms with Crippen molar-refractivity contribution in [3.63, 3.8) is 0 Å². The molecule has 0 aliphatic carbocycles. The Morgan fingerprint density at radius 1 is 1.18 bits per heavy atom. The van der Waals surface area contributed by atoms with E-state index in [0.717, 1.165) is 4.90 Å². The molecule has 2 amide bonds. The molecule has 0 unspecified atom stereocenters. The number of esters is 1. The number of nitrogens with zero attached hydrogens (tertiary/aromatic N) is 1. The van der Waals surface area contributed by atoms with E-state index in [0.29, 0.717) is 5.69 Å². The van der Waals surface area contributed by atoms with E-state index >= 15 is 0 Å². The molecule has 28 heavy (non-hydrogen) atoms. The van der Waals surface area contributed by atoms with E-state index < -0.39 is 28.7 Å².